The fraction of sp³-hybridized carbons (Fsp3) is 0.312. The number of carbonyl (C=O) groups is 2. The Kier molecular flexibility index (Phi) is 5.77. The molecule has 2 atom stereocenters. The topological polar surface area (TPSA) is 122 Å². The van der Waals surface area contributed by atoms with Crippen LogP contribution in [-0.2, 0) is 14.3 Å². The number of allylic oxidation sites excluding steroid dienone is 1. The first kappa shape index (κ1) is 18.5. The molecule has 0 radical (unpaired) electrons. The summed E-state index contributed by atoms with van der Waals surface area (Å²) in [6, 6.07) is 7.75. The summed E-state index contributed by atoms with van der Waals surface area (Å²) in [5, 5.41) is 23.7. The number of ether oxygens (including phenoxy) is 1. The molecule has 1 N–H and O–H groups in total. The molecule has 1 aromatic rings. The number of nitro groups is 1. The normalized spacial score (nSPS) is 19.8. The molecule has 0 fully saturated rings. The van der Waals surface area contributed by atoms with Crippen molar-refractivity contribution in [1.29, 1.82) is 5.26 Å². The fourth-order valence-electron chi connectivity index (χ4n) is 2.72. The van der Waals surface area contributed by atoms with Crippen molar-refractivity contribution in [2.75, 3.05) is 12.9 Å². The van der Waals surface area contributed by atoms with Crippen molar-refractivity contribution in [3.05, 3.63) is 50.5 Å². The Morgan fingerprint density at radius 3 is 2.72 bits per heavy atom. The highest BCUT2D eigenvalue weighted by Gasteiger charge is 2.46. The van der Waals surface area contributed by atoms with Crippen molar-refractivity contribution in [2.24, 2.45) is 5.92 Å². The minimum atomic E-state index is -1.37. The molecule has 0 unspecified atom stereocenters. The Bertz CT molecular complexity index is 799. The van der Waals surface area contributed by atoms with Gasteiger partial charge in [-0.3, -0.25) is 19.7 Å². The number of benzene rings is 1. The van der Waals surface area contributed by atoms with E-state index in [0.29, 0.717) is 0 Å². The van der Waals surface area contributed by atoms with E-state index in [-0.39, 0.29) is 28.5 Å². The maximum Gasteiger partial charge on any atom is 0.319 e. The van der Waals surface area contributed by atoms with Gasteiger partial charge >= 0.3 is 5.97 Å². The molecule has 25 heavy (non-hydrogen) atoms. The van der Waals surface area contributed by atoms with Crippen molar-refractivity contribution in [2.45, 2.75) is 12.8 Å². The van der Waals surface area contributed by atoms with Gasteiger partial charge in [-0.25, -0.2) is 0 Å². The smallest absolute Gasteiger partial charge is 0.319 e. The summed E-state index contributed by atoms with van der Waals surface area (Å²) < 4.78 is 4.96. The fourth-order valence-corrected chi connectivity index (χ4v) is 3.32. The van der Waals surface area contributed by atoms with Gasteiger partial charge in [0.15, 0.2) is 0 Å². The van der Waals surface area contributed by atoms with Crippen LogP contribution in [0, 0.1) is 27.4 Å². The number of hydrogen-bond acceptors (Lipinski definition) is 7. The molecule has 1 heterocycles. The van der Waals surface area contributed by atoms with Gasteiger partial charge in [-0.15, -0.1) is 11.8 Å². The van der Waals surface area contributed by atoms with Crippen LogP contribution in [-0.4, -0.2) is 29.7 Å². The second-order valence-electron chi connectivity index (χ2n) is 5.07. The second-order valence-corrected chi connectivity index (χ2v) is 5.89. The lowest BCUT2D eigenvalue weighted by atomic mass is 9.78. The zero-order valence-corrected chi connectivity index (χ0v) is 14.3. The molecule has 1 aliphatic heterocycles. The van der Waals surface area contributed by atoms with Crippen molar-refractivity contribution >= 4 is 29.3 Å². The number of rotatable bonds is 5. The summed E-state index contributed by atoms with van der Waals surface area (Å²) in [6.45, 7) is 1.64. The Labute approximate surface area is 148 Å². The molecule has 0 spiro atoms. The number of nitrogens with zero attached hydrogens (tertiary/aromatic N) is 2. The SMILES string of the molecule is CCOC(=O)[C@@H]1C(=O)NC(SC)=C(C#N)[C@@H]1c1ccccc1[N+](=O)[O-]. The number of hydrogen-bond donors (Lipinski definition) is 1. The molecule has 2 rings (SSSR count). The Balaban J connectivity index is 2.73. The molecule has 0 saturated carbocycles. The van der Waals surface area contributed by atoms with E-state index in [1.54, 1.807) is 19.2 Å². The van der Waals surface area contributed by atoms with Crippen LogP contribution in [0.2, 0.25) is 0 Å². The number of para-hydroxylation sites is 1. The molecule has 1 aromatic carbocycles. The molecule has 130 valence electrons. The third-order valence-electron chi connectivity index (χ3n) is 3.74. The number of nitro benzene ring substituents is 1. The van der Waals surface area contributed by atoms with Gasteiger partial charge in [0, 0.05) is 11.6 Å². The van der Waals surface area contributed by atoms with E-state index in [9.17, 15) is 25.0 Å². The monoisotopic (exact) mass is 361 g/mol. The number of esters is 1. The van der Waals surface area contributed by atoms with Gasteiger partial charge in [0.1, 0.15) is 5.92 Å². The van der Waals surface area contributed by atoms with E-state index < -0.39 is 28.6 Å². The van der Waals surface area contributed by atoms with Crippen LogP contribution in [0.1, 0.15) is 18.4 Å². The molecule has 1 aliphatic rings. The highest BCUT2D eigenvalue weighted by atomic mass is 32.2. The maximum absolute atomic E-state index is 12.5. The van der Waals surface area contributed by atoms with Crippen LogP contribution < -0.4 is 5.32 Å². The Morgan fingerprint density at radius 1 is 1.48 bits per heavy atom. The summed E-state index contributed by atoms with van der Waals surface area (Å²) in [6.07, 6.45) is 1.66. The van der Waals surface area contributed by atoms with Gasteiger partial charge in [0.05, 0.1) is 34.1 Å². The molecule has 0 saturated heterocycles. The molecule has 0 bridgehead atoms. The first-order valence-corrected chi connectivity index (χ1v) is 8.57. The Morgan fingerprint density at radius 2 is 2.16 bits per heavy atom. The number of thioether (sulfide) groups is 1. The molecule has 1 amide bonds. The standard InChI is InChI=1S/C16H15N3O5S/c1-3-24-16(21)13-12(9-6-4-5-7-11(9)19(22)23)10(8-17)15(25-2)18-14(13)20/h4-7,12-13H,3H2,1-2H3,(H,18,20)/t12-,13-/m0/s1. The van der Waals surface area contributed by atoms with Gasteiger partial charge in [0.25, 0.3) is 5.69 Å². The predicted octanol–water partition coefficient (Wildman–Crippen LogP) is 2.09. The quantitative estimate of drug-likeness (QED) is 0.369. The van der Waals surface area contributed by atoms with E-state index in [1.807, 2.05) is 6.07 Å². The minimum Gasteiger partial charge on any atom is -0.465 e. The summed E-state index contributed by atoms with van der Waals surface area (Å²) in [5.41, 5.74) is -0.0346. The lowest BCUT2D eigenvalue weighted by Gasteiger charge is -2.30. The van der Waals surface area contributed by atoms with Gasteiger partial charge in [-0.2, -0.15) is 5.26 Å². The zero-order valence-electron chi connectivity index (χ0n) is 13.5. The average Bonchev–Trinajstić information content (AvgIpc) is 2.60. The molecule has 0 aromatic heterocycles. The van der Waals surface area contributed by atoms with Crippen molar-refractivity contribution in [3.8, 4) is 6.07 Å². The molecule has 0 aliphatic carbocycles. The minimum absolute atomic E-state index is 0.0488. The van der Waals surface area contributed by atoms with Gasteiger partial charge in [0.2, 0.25) is 5.91 Å². The van der Waals surface area contributed by atoms with Gasteiger partial charge in [-0.1, -0.05) is 18.2 Å². The number of nitriles is 1. The number of amides is 1. The molecule has 8 nitrogen and oxygen atoms in total. The van der Waals surface area contributed by atoms with E-state index in [1.165, 1.54) is 18.2 Å². The van der Waals surface area contributed by atoms with Crippen LogP contribution in [0.3, 0.4) is 0 Å². The lowest BCUT2D eigenvalue weighted by Crippen LogP contribution is -2.44. The first-order valence-electron chi connectivity index (χ1n) is 7.35. The van der Waals surface area contributed by atoms with E-state index in [4.69, 9.17) is 4.74 Å². The highest BCUT2D eigenvalue weighted by Crippen LogP contribution is 2.42. The highest BCUT2D eigenvalue weighted by molar-refractivity contribution is 8.02. The van der Waals surface area contributed by atoms with Crippen LogP contribution in [0.15, 0.2) is 34.9 Å². The first-order chi connectivity index (χ1) is 12.0. The van der Waals surface area contributed by atoms with Gasteiger partial charge in [-0.05, 0) is 13.2 Å². The largest absolute Gasteiger partial charge is 0.465 e. The summed E-state index contributed by atoms with van der Waals surface area (Å²) >= 11 is 1.13. The van der Waals surface area contributed by atoms with E-state index in [0.717, 1.165) is 11.8 Å². The van der Waals surface area contributed by atoms with Crippen LogP contribution in [0.25, 0.3) is 0 Å². The van der Waals surface area contributed by atoms with Gasteiger partial charge < -0.3 is 10.1 Å². The van der Waals surface area contributed by atoms with Crippen LogP contribution in [0.4, 0.5) is 5.69 Å². The zero-order chi connectivity index (χ0) is 18.6. The average molecular weight is 361 g/mol. The number of nitrogens with one attached hydrogen (secondary N) is 1. The maximum atomic E-state index is 12.5. The van der Waals surface area contributed by atoms with Crippen LogP contribution >= 0.6 is 11.8 Å². The third kappa shape index (κ3) is 3.49. The van der Waals surface area contributed by atoms with Crippen LogP contribution in [0.5, 0.6) is 0 Å². The third-order valence-corrected chi connectivity index (χ3v) is 4.47. The Hall–Kier alpha value is -2.86. The lowest BCUT2D eigenvalue weighted by molar-refractivity contribution is -0.385. The van der Waals surface area contributed by atoms with Crippen molar-refractivity contribution < 1.29 is 19.2 Å². The molecular weight excluding hydrogens is 346 g/mol. The number of carbonyl (C=O) groups excluding carboxylic acids is 2. The van der Waals surface area contributed by atoms with E-state index in [2.05, 4.69) is 5.32 Å². The van der Waals surface area contributed by atoms with Crippen molar-refractivity contribution in [3.63, 3.8) is 0 Å². The van der Waals surface area contributed by atoms with E-state index >= 15 is 0 Å². The summed E-state index contributed by atoms with van der Waals surface area (Å²) in [5.74, 6) is -3.92. The second kappa shape index (κ2) is 7.81. The molecular formula is C16H15N3O5S. The predicted molar refractivity (Wildman–Crippen MR) is 90.3 cm³/mol. The summed E-state index contributed by atoms with van der Waals surface area (Å²) in [7, 11) is 0. The van der Waals surface area contributed by atoms with Crippen molar-refractivity contribution in [1.82, 2.24) is 5.32 Å². The summed E-state index contributed by atoms with van der Waals surface area (Å²) in [4.78, 5) is 35.6. The molecule has 9 heteroatoms.